The molecule has 0 aliphatic carbocycles. The average Bonchev–Trinajstić information content (AvgIpc) is 3.79. The molecule has 0 unspecified atom stereocenters. The Bertz CT molecular complexity index is 3160. The molecule has 9 aromatic carbocycles. The molecule has 2 aromatic heterocycles. The summed E-state index contributed by atoms with van der Waals surface area (Å²) in [5.41, 5.74) is 11.3. The summed E-state index contributed by atoms with van der Waals surface area (Å²) in [7, 11) is 0. The summed E-state index contributed by atoms with van der Waals surface area (Å²) < 4.78 is 12.9. The Hall–Kier alpha value is -7.10. The SMILES string of the molecule is c1ccc2c(-c3ccc(N(c4ccc(-c5cccc6cc7c(cc56)oc5ccccc57)cc4)c4cccc5c4oc4ccccc45)cc3)cccc2c1. The molecular weight excluding hydrogens is 647 g/mol. The maximum Gasteiger partial charge on any atom is 0.159 e. The Morgan fingerprint density at radius 3 is 1.57 bits per heavy atom. The summed E-state index contributed by atoms with van der Waals surface area (Å²) in [4.78, 5) is 2.31. The van der Waals surface area contributed by atoms with Gasteiger partial charge in [0.1, 0.15) is 16.7 Å². The molecule has 11 rings (SSSR count). The van der Waals surface area contributed by atoms with Crippen molar-refractivity contribution >= 4 is 82.5 Å². The minimum Gasteiger partial charge on any atom is -0.456 e. The van der Waals surface area contributed by atoms with Crippen LogP contribution in [0.25, 0.3) is 87.7 Å². The molecule has 0 aliphatic rings. The summed E-state index contributed by atoms with van der Waals surface area (Å²) in [6.07, 6.45) is 0. The predicted octanol–water partition coefficient (Wildman–Crippen LogP) is 14.6. The first-order chi connectivity index (χ1) is 26.3. The second-order valence-corrected chi connectivity index (χ2v) is 13.7. The van der Waals surface area contributed by atoms with E-state index in [1.165, 1.54) is 38.2 Å². The van der Waals surface area contributed by atoms with E-state index in [9.17, 15) is 0 Å². The number of hydrogen-bond donors (Lipinski definition) is 0. The lowest BCUT2D eigenvalue weighted by molar-refractivity contribution is 0.669. The standard InChI is InChI=1S/C50H31NO2/c1-2-13-38-32(10-1)11-7-16-39(38)33-22-26-36(27-23-33)51(46-19-9-18-43-41-14-3-6-21-48(41)53-50(43)46)37-28-24-34(25-29-37)40-17-8-12-35-30-45-42-15-4-5-20-47(42)52-49(45)31-44(35)40/h1-31H. The van der Waals surface area contributed by atoms with Gasteiger partial charge in [0, 0.05) is 32.9 Å². The van der Waals surface area contributed by atoms with Gasteiger partial charge in [-0.2, -0.15) is 0 Å². The number of nitrogens with zero attached hydrogens (tertiary/aromatic N) is 1. The molecule has 0 radical (unpaired) electrons. The summed E-state index contributed by atoms with van der Waals surface area (Å²) in [6, 6.07) is 66.8. The highest BCUT2D eigenvalue weighted by Gasteiger charge is 2.20. The van der Waals surface area contributed by atoms with Gasteiger partial charge in [0.25, 0.3) is 0 Å². The van der Waals surface area contributed by atoms with Gasteiger partial charge in [-0.15, -0.1) is 0 Å². The molecule has 0 spiro atoms. The van der Waals surface area contributed by atoms with E-state index in [-0.39, 0.29) is 0 Å². The minimum atomic E-state index is 0.861. The zero-order chi connectivity index (χ0) is 34.9. The Kier molecular flexibility index (Phi) is 6.55. The van der Waals surface area contributed by atoms with Gasteiger partial charge in [0.2, 0.25) is 0 Å². The van der Waals surface area contributed by atoms with Crippen LogP contribution < -0.4 is 4.90 Å². The first-order valence-electron chi connectivity index (χ1n) is 18.0. The third kappa shape index (κ3) is 4.75. The van der Waals surface area contributed by atoms with Crippen molar-refractivity contribution in [3.05, 3.63) is 188 Å². The van der Waals surface area contributed by atoms with Crippen LogP contribution in [-0.2, 0) is 0 Å². The molecule has 0 bridgehead atoms. The van der Waals surface area contributed by atoms with Crippen molar-refractivity contribution in [2.24, 2.45) is 0 Å². The van der Waals surface area contributed by atoms with Crippen molar-refractivity contribution in [2.75, 3.05) is 4.90 Å². The fourth-order valence-corrected chi connectivity index (χ4v) is 8.14. The lowest BCUT2D eigenvalue weighted by Crippen LogP contribution is -2.10. The van der Waals surface area contributed by atoms with Crippen LogP contribution in [0.3, 0.4) is 0 Å². The highest BCUT2D eigenvalue weighted by atomic mass is 16.3. The van der Waals surface area contributed by atoms with E-state index in [1.807, 2.05) is 24.3 Å². The smallest absolute Gasteiger partial charge is 0.159 e. The summed E-state index contributed by atoms with van der Waals surface area (Å²) in [5, 5.41) is 9.33. The van der Waals surface area contributed by atoms with E-state index in [2.05, 4.69) is 169 Å². The Morgan fingerprint density at radius 2 is 0.849 bits per heavy atom. The maximum absolute atomic E-state index is 6.60. The van der Waals surface area contributed by atoms with Crippen molar-refractivity contribution in [3.63, 3.8) is 0 Å². The Morgan fingerprint density at radius 1 is 0.321 bits per heavy atom. The molecule has 53 heavy (non-hydrogen) atoms. The maximum atomic E-state index is 6.60. The molecule has 0 atom stereocenters. The number of fused-ring (bicyclic) bond motifs is 8. The molecule has 2 heterocycles. The van der Waals surface area contributed by atoms with Gasteiger partial charge in [-0.3, -0.25) is 0 Å². The minimum absolute atomic E-state index is 0.861. The highest BCUT2D eigenvalue weighted by molar-refractivity contribution is 6.13. The van der Waals surface area contributed by atoms with E-state index in [0.717, 1.165) is 66.5 Å². The van der Waals surface area contributed by atoms with Crippen molar-refractivity contribution in [1.29, 1.82) is 0 Å². The molecule has 11 aromatic rings. The average molecular weight is 678 g/mol. The second kappa shape index (κ2) is 11.7. The number of hydrogen-bond acceptors (Lipinski definition) is 3. The molecule has 3 heteroatoms. The van der Waals surface area contributed by atoms with Crippen LogP contribution >= 0.6 is 0 Å². The van der Waals surface area contributed by atoms with Crippen LogP contribution in [-0.4, -0.2) is 0 Å². The summed E-state index contributed by atoms with van der Waals surface area (Å²) in [5.74, 6) is 0. The van der Waals surface area contributed by atoms with Gasteiger partial charge < -0.3 is 13.7 Å². The van der Waals surface area contributed by atoms with Gasteiger partial charge in [-0.25, -0.2) is 0 Å². The van der Waals surface area contributed by atoms with Crippen LogP contribution in [0.1, 0.15) is 0 Å². The van der Waals surface area contributed by atoms with Crippen molar-refractivity contribution in [1.82, 2.24) is 0 Å². The monoisotopic (exact) mass is 677 g/mol. The quantitative estimate of drug-likeness (QED) is 0.182. The normalized spacial score (nSPS) is 11.8. The molecule has 0 saturated carbocycles. The fraction of sp³-hybridized carbons (Fsp3) is 0. The summed E-state index contributed by atoms with van der Waals surface area (Å²) >= 11 is 0. The van der Waals surface area contributed by atoms with Gasteiger partial charge in [-0.05, 0) is 98.4 Å². The van der Waals surface area contributed by atoms with E-state index in [1.54, 1.807) is 0 Å². The topological polar surface area (TPSA) is 29.5 Å². The molecule has 0 amide bonds. The zero-order valence-electron chi connectivity index (χ0n) is 28.7. The highest BCUT2D eigenvalue weighted by Crippen LogP contribution is 2.44. The van der Waals surface area contributed by atoms with Crippen molar-refractivity contribution in [2.45, 2.75) is 0 Å². The predicted molar refractivity (Wildman–Crippen MR) is 222 cm³/mol. The molecule has 0 N–H and O–H groups in total. The van der Waals surface area contributed by atoms with Gasteiger partial charge in [0.15, 0.2) is 5.58 Å². The van der Waals surface area contributed by atoms with Crippen molar-refractivity contribution < 1.29 is 8.83 Å². The van der Waals surface area contributed by atoms with Crippen LogP contribution in [0, 0.1) is 0 Å². The van der Waals surface area contributed by atoms with E-state index < -0.39 is 0 Å². The number of para-hydroxylation sites is 3. The summed E-state index contributed by atoms with van der Waals surface area (Å²) in [6.45, 7) is 0. The van der Waals surface area contributed by atoms with Crippen LogP contribution in [0.15, 0.2) is 197 Å². The number of furan rings is 2. The molecule has 0 fully saturated rings. The lowest BCUT2D eigenvalue weighted by Gasteiger charge is -2.26. The molecule has 0 saturated heterocycles. The molecule has 3 nitrogen and oxygen atoms in total. The molecule has 0 aliphatic heterocycles. The number of benzene rings is 9. The first kappa shape index (κ1) is 29.6. The Balaban J connectivity index is 1.05. The van der Waals surface area contributed by atoms with E-state index >= 15 is 0 Å². The molecular formula is C50H31NO2. The lowest BCUT2D eigenvalue weighted by atomic mass is 9.96. The van der Waals surface area contributed by atoms with Crippen LogP contribution in [0.2, 0.25) is 0 Å². The van der Waals surface area contributed by atoms with E-state index in [0.29, 0.717) is 0 Å². The zero-order valence-corrected chi connectivity index (χ0v) is 28.7. The van der Waals surface area contributed by atoms with Crippen LogP contribution in [0.4, 0.5) is 17.1 Å². The largest absolute Gasteiger partial charge is 0.456 e. The second-order valence-electron chi connectivity index (χ2n) is 13.7. The number of rotatable bonds is 5. The van der Waals surface area contributed by atoms with Crippen molar-refractivity contribution in [3.8, 4) is 22.3 Å². The van der Waals surface area contributed by atoms with Gasteiger partial charge in [0.05, 0.1) is 5.69 Å². The third-order valence-corrected chi connectivity index (χ3v) is 10.7. The Labute approximate surface area is 305 Å². The first-order valence-corrected chi connectivity index (χ1v) is 18.0. The number of anilines is 3. The van der Waals surface area contributed by atoms with Gasteiger partial charge >= 0.3 is 0 Å². The van der Waals surface area contributed by atoms with E-state index in [4.69, 9.17) is 8.83 Å². The third-order valence-electron chi connectivity index (χ3n) is 10.7. The molecule has 248 valence electrons. The fourth-order valence-electron chi connectivity index (χ4n) is 8.14. The van der Waals surface area contributed by atoms with Gasteiger partial charge in [-0.1, -0.05) is 133 Å². The van der Waals surface area contributed by atoms with Crippen LogP contribution in [0.5, 0.6) is 0 Å².